The van der Waals surface area contributed by atoms with Crippen LogP contribution in [-0.2, 0) is 4.79 Å². The number of piperidine rings is 1. The molecule has 2 atom stereocenters. The molecule has 2 unspecified atom stereocenters. The van der Waals surface area contributed by atoms with E-state index in [2.05, 4.69) is 0 Å². The van der Waals surface area contributed by atoms with Crippen LogP contribution in [0.15, 0.2) is 0 Å². The van der Waals surface area contributed by atoms with Crippen LogP contribution in [0.25, 0.3) is 0 Å². The number of carbonyl (C=O) groups is 1. The van der Waals surface area contributed by atoms with E-state index in [9.17, 15) is 9.90 Å². The fourth-order valence-electron chi connectivity index (χ4n) is 3.30. The second-order valence-electron chi connectivity index (χ2n) is 6.13. The van der Waals surface area contributed by atoms with E-state index in [0.717, 1.165) is 38.6 Å². The lowest BCUT2D eigenvalue weighted by atomic mass is 9.72. The molecule has 1 aliphatic carbocycles. The highest BCUT2D eigenvalue weighted by Gasteiger charge is 2.42. The van der Waals surface area contributed by atoms with E-state index in [4.69, 9.17) is 5.73 Å². The fraction of sp³-hybridized carbons (Fsp3) is 0.929. The van der Waals surface area contributed by atoms with Crippen molar-refractivity contribution in [1.29, 1.82) is 0 Å². The second kappa shape index (κ2) is 5.57. The van der Waals surface area contributed by atoms with Gasteiger partial charge in [0, 0.05) is 19.6 Å². The molecule has 1 amide bonds. The van der Waals surface area contributed by atoms with Gasteiger partial charge in [-0.1, -0.05) is 26.2 Å². The van der Waals surface area contributed by atoms with E-state index in [-0.39, 0.29) is 17.4 Å². The van der Waals surface area contributed by atoms with Crippen molar-refractivity contribution < 1.29 is 9.90 Å². The van der Waals surface area contributed by atoms with Crippen LogP contribution < -0.4 is 5.73 Å². The minimum Gasteiger partial charge on any atom is -0.391 e. The number of carbonyl (C=O) groups excluding carboxylic acids is 1. The predicted molar refractivity (Wildman–Crippen MR) is 70.9 cm³/mol. The van der Waals surface area contributed by atoms with Gasteiger partial charge in [0.15, 0.2) is 0 Å². The van der Waals surface area contributed by atoms with E-state index in [1.54, 1.807) is 0 Å². The summed E-state index contributed by atoms with van der Waals surface area (Å²) in [6, 6.07) is 0. The zero-order valence-corrected chi connectivity index (χ0v) is 11.4. The van der Waals surface area contributed by atoms with Crippen molar-refractivity contribution in [2.45, 2.75) is 51.6 Å². The molecular weight excluding hydrogens is 228 g/mol. The van der Waals surface area contributed by atoms with Crippen LogP contribution in [-0.4, -0.2) is 41.7 Å². The van der Waals surface area contributed by atoms with Gasteiger partial charge in [-0.3, -0.25) is 4.79 Å². The maximum absolute atomic E-state index is 12.7. The number of hydrogen-bond acceptors (Lipinski definition) is 3. The van der Waals surface area contributed by atoms with Crippen molar-refractivity contribution in [3.8, 4) is 0 Å². The first-order valence-corrected chi connectivity index (χ1v) is 7.26. The summed E-state index contributed by atoms with van der Waals surface area (Å²) in [4.78, 5) is 14.5. The van der Waals surface area contributed by atoms with E-state index in [1.807, 2.05) is 11.8 Å². The Bertz CT molecular complexity index is 300. The molecule has 4 heteroatoms. The van der Waals surface area contributed by atoms with Crippen LogP contribution in [0.1, 0.15) is 45.4 Å². The van der Waals surface area contributed by atoms with Gasteiger partial charge in [0.05, 0.1) is 11.5 Å². The number of amides is 1. The molecule has 1 saturated carbocycles. The zero-order valence-electron chi connectivity index (χ0n) is 11.4. The molecule has 0 radical (unpaired) electrons. The molecule has 0 aromatic heterocycles. The highest BCUT2D eigenvalue weighted by atomic mass is 16.3. The largest absolute Gasteiger partial charge is 0.391 e. The molecule has 0 aromatic rings. The molecule has 18 heavy (non-hydrogen) atoms. The van der Waals surface area contributed by atoms with Gasteiger partial charge in [0.2, 0.25) is 5.91 Å². The highest BCUT2D eigenvalue weighted by molar-refractivity contribution is 5.83. The first-order valence-electron chi connectivity index (χ1n) is 7.26. The first-order chi connectivity index (χ1) is 8.59. The summed E-state index contributed by atoms with van der Waals surface area (Å²) in [7, 11) is 0. The maximum Gasteiger partial charge on any atom is 0.230 e. The second-order valence-corrected chi connectivity index (χ2v) is 6.13. The van der Waals surface area contributed by atoms with Crippen LogP contribution >= 0.6 is 0 Å². The summed E-state index contributed by atoms with van der Waals surface area (Å²) in [6.07, 6.45) is 5.80. The van der Waals surface area contributed by atoms with Crippen LogP contribution in [0.5, 0.6) is 0 Å². The van der Waals surface area contributed by atoms with Gasteiger partial charge in [-0.25, -0.2) is 0 Å². The lowest BCUT2D eigenvalue weighted by Crippen LogP contribution is -2.54. The van der Waals surface area contributed by atoms with Crippen LogP contribution in [0.3, 0.4) is 0 Å². The predicted octanol–water partition coefficient (Wildman–Crippen LogP) is 1.12. The number of aliphatic hydroxyl groups is 1. The normalized spacial score (nSPS) is 32.3. The molecule has 1 heterocycles. The van der Waals surface area contributed by atoms with E-state index < -0.39 is 0 Å². The van der Waals surface area contributed by atoms with Gasteiger partial charge in [0.1, 0.15) is 0 Å². The standard InChI is InChI=1S/C14H26N2O2/c1-11-5-8-16(9-12(11)17)13(18)14(10-15)6-3-2-4-7-14/h11-12,17H,2-10,15H2,1H3. The monoisotopic (exact) mass is 254 g/mol. The topological polar surface area (TPSA) is 66.6 Å². The van der Waals surface area contributed by atoms with Gasteiger partial charge < -0.3 is 15.7 Å². The summed E-state index contributed by atoms with van der Waals surface area (Å²) in [5.74, 6) is 0.491. The minimum atomic E-state index is -0.374. The number of likely N-dealkylation sites (tertiary alicyclic amines) is 1. The molecule has 2 aliphatic rings. The van der Waals surface area contributed by atoms with Gasteiger partial charge in [-0.15, -0.1) is 0 Å². The minimum absolute atomic E-state index is 0.190. The molecule has 2 fully saturated rings. The van der Waals surface area contributed by atoms with Crippen molar-refractivity contribution in [1.82, 2.24) is 4.90 Å². The molecule has 0 aromatic carbocycles. The van der Waals surface area contributed by atoms with Gasteiger partial charge in [0.25, 0.3) is 0 Å². The Kier molecular flexibility index (Phi) is 4.28. The number of hydrogen-bond donors (Lipinski definition) is 2. The summed E-state index contributed by atoms with van der Waals surface area (Å²) >= 11 is 0. The van der Waals surface area contributed by atoms with E-state index in [0.29, 0.717) is 19.0 Å². The Morgan fingerprint density at radius 3 is 2.61 bits per heavy atom. The number of aliphatic hydroxyl groups excluding tert-OH is 1. The number of nitrogens with two attached hydrogens (primary N) is 1. The number of rotatable bonds is 2. The molecular formula is C14H26N2O2. The third-order valence-electron chi connectivity index (χ3n) is 4.86. The first kappa shape index (κ1) is 13.8. The van der Waals surface area contributed by atoms with Crippen molar-refractivity contribution >= 4 is 5.91 Å². The van der Waals surface area contributed by atoms with Crippen LogP contribution in [0.4, 0.5) is 0 Å². The lowest BCUT2D eigenvalue weighted by molar-refractivity contribution is -0.148. The van der Waals surface area contributed by atoms with Crippen molar-refractivity contribution in [3.05, 3.63) is 0 Å². The Balaban J connectivity index is 2.05. The van der Waals surface area contributed by atoms with Gasteiger partial charge in [-0.2, -0.15) is 0 Å². The summed E-state index contributed by atoms with van der Waals surface area (Å²) in [6.45, 7) is 3.76. The highest BCUT2D eigenvalue weighted by Crippen LogP contribution is 2.37. The fourth-order valence-corrected chi connectivity index (χ4v) is 3.30. The lowest BCUT2D eigenvalue weighted by Gasteiger charge is -2.42. The van der Waals surface area contributed by atoms with Gasteiger partial charge >= 0.3 is 0 Å². The molecule has 3 N–H and O–H groups in total. The zero-order chi connectivity index (χ0) is 13.2. The smallest absolute Gasteiger partial charge is 0.230 e. The molecule has 1 aliphatic heterocycles. The quantitative estimate of drug-likeness (QED) is 0.776. The maximum atomic E-state index is 12.7. The molecule has 2 rings (SSSR count). The average Bonchev–Trinajstić information content (AvgIpc) is 2.42. The molecule has 1 saturated heterocycles. The summed E-state index contributed by atoms with van der Waals surface area (Å²) in [5.41, 5.74) is 5.56. The average molecular weight is 254 g/mol. The van der Waals surface area contributed by atoms with Crippen molar-refractivity contribution in [2.24, 2.45) is 17.1 Å². The van der Waals surface area contributed by atoms with E-state index in [1.165, 1.54) is 6.42 Å². The third kappa shape index (κ3) is 2.54. The number of β-amino-alcohol motifs (C(OH)–C–C–N with tert-alkyl or cyclic N) is 1. The molecule has 104 valence electrons. The Hall–Kier alpha value is -0.610. The summed E-state index contributed by atoms with van der Waals surface area (Å²) in [5, 5.41) is 9.93. The third-order valence-corrected chi connectivity index (χ3v) is 4.86. The van der Waals surface area contributed by atoms with Crippen LogP contribution in [0.2, 0.25) is 0 Å². The van der Waals surface area contributed by atoms with E-state index >= 15 is 0 Å². The molecule has 0 spiro atoms. The van der Waals surface area contributed by atoms with Crippen molar-refractivity contribution in [2.75, 3.05) is 19.6 Å². The Morgan fingerprint density at radius 1 is 1.39 bits per heavy atom. The van der Waals surface area contributed by atoms with Crippen molar-refractivity contribution in [3.63, 3.8) is 0 Å². The van der Waals surface area contributed by atoms with Gasteiger partial charge in [-0.05, 0) is 25.2 Å². The molecule has 0 bridgehead atoms. The summed E-state index contributed by atoms with van der Waals surface area (Å²) < 4.78 is 0. The Labute approximate surface area is 110 Å². The Morgan fingerprint density at radius 2 is 2.06 bits per heavy atom. The molecule has 4 nitrogen and oxygen atoms in total. The number of nitrogens with zero attached hydrogens (tertiary/aromatic N) is 1. The SMILES string of the molecule is CC1CCN(C(=O)C2(CN)CCCCC2)CC1O. The van der Waals surface area contributed by atoms with Crippen LogP contribution in [0, 0.1) is 11.3 Å².